The molecule has 0 spiro atoms. The lowest BCUT2D eigenvalue weighted by molar-refractivity contribution is -0.139. The van der Waals surface area contributed by atoms with Crippen LogP contribution in [0.1, 0.15) is 33.1 Å². The number of piperidine rings is 1. The molecule has 1 heterocycles. The summed E-state index contributed by atoms with van der Waals surface area (Å²) in [6.07, 6.45) is 2.66. The standard InChI is InChI=1S/C13H26N2O2/c1-13(2,9-12(16)17)15(4)10-11-5-7-14(3)8-6-11/h11H,5-10H2,1-4H3,(H,16,17). The monoisotopic (exact) mass is 242 g/mol. The summed E-state index contributed by atoms with van der Waals surface area (Å²) in [6.45, 7) is 7.36. The molecule has 4 heteroatoms. The van der Waals surface area contributed by atoms with Gasteiger partial charge in [-0.2, -0.15) is 0 Å². The summed E-state index contributed by atoms with van der Waals surface area (Å²) in [4.78, 5) is 15.4. The van der Waals surface area contributed by atoms with Gasteiger partial charge in [0.05, 0.1) is 6.42 Å². The van der Waals surface area contributed by atoms with Crippen LogP contribution in [0.4, 0.5) is 0 Å². The summed E-state index contributed by atoms with van der Waals surface area (Å²) in [5.74, 6) is -0.00510. The molecule has 0 bridgehead atoms. The fourth-order valence-electron chi connectivity index (χ4n) is 2.38. The summed E-state index contributed by atoms with van der Waals surface area (Å²) in [5, 5.41) is 8.91. The van der Waals surface area contributed by atoms with E-state index in [-0.39, 0.29) is 12.0 Å². The van der Waals surface area contributed by atoms with Crippen molar-refractivity contribution in [3.05, 3.63) is 0 Å². The van der Waals surface area contributed by atoms with Crippen LogP contribution in [0.15, 0.2) is 0 Å². The first-order valence-corrected chi connectivity index (χ1v) is 6.43. The second-order valence-corrected chi connectivity index (χ2v) is 6.01. The van der Waals surface area contributed by atoms with Gasteiger partial charge in [-0.25, -0.2) is 0 Å². The first-order chi connectivity index (χ1) is 7.81. The second-order valence-electron chi connectivity index (χ2n) is 6.01. The summed E-state index contributed by atoms with van der Waals surface area (Å²) in [7, 11) is 4.20. The fourth-order valence-corrected chi connectivity index (χ4v) is 2.38. The van der Waals surface area contributed by atoms with Gasteiger partial charge in [-0.15, -0.1) is 0 Å². The summed E-state index contributed by atoms with van der Waals surface area (Å²) in [6, 6.07) is 0. The fraction of sp³-hybridized carbons (Fsp3) is 0.923. The van der Waals surface area contributed by atoms with Gasteiger partial charge in [0.1, 0.15) is 0 Å². The van der Waals surface area contributed by atoms with Gasteiger partial charge in [0, 0.05) is 12.1 Å². The first kappa shape index (κ1) is 14.5. The van der Waals surface area contributed by atoms with E-state index in [4.69, 9.17) is 5.11 Å². The molecule has 0 amide bonds. The molecule has 0 radical (unpaired) electrons. The molecule has 1 N–H and O–H groups in total. The average molecular weight is 242 g/mol. The lowest BCUT2D eigenvalue weighted by atomic mass is 9.92. The van der Waals surface area contributed by atoms with Crippen molar-refractivity contribution in [2.24, 2.45) is 5.92 Å². The Kier molecular flexibility index (Phi) is 4.95. The number of likely N-dealkylation sites (tertiary alicyclic amines) is 1. The van der Waals surface area contributed by atoms with Crippen LogP contribution in [0.25, 0.3) is 0 Å². The molecule has 100 valence electrons. The SMILES string of the molecule is CN1CCC(CN(C)C(C)(C)CC(=O)O)CC1. The van der Waals surface area contributed by atoms with Gasteiger partial charge in [-0.3, -0.25) is 4.79 Å². The van der Waals surface area contributed by atoms with Crippen LogP contribution < -0.4 is 0 Å². The van der Waals surface area contributed by atoms with Gasteiger partial charge in [-0.05, 0) is 59.8 Å². The lowest BCUT2D eigenvalue weighted by Gasteiger charge is -2.39. The largest absolute Gasteiger partial charge is 0.481 e. The molecule has 0 aromatic rings. The zero-order valence-corrected chi connectivity index (χ0v) is 11.6. The maximum Gasteiger partial charge on any atom is 0.305 e. The maximum absolute atomic E-state index is 10.8. The molecule has 0 saturated carbocycles. The summed E-state index contributed by atoms with van der Waals surface area (Å²) < 4.78 is 0. The predicted molar refractivity (Wildman–Crippen MR) is 69.2 cm³/mol. The molecule has 4 nitrogen and oxygen atoms in total. The predicted octanol–water partition coefficient (Wildman–Crippen LogP) is 1.51. The quantitative estimate of drug-likeness (QED) is 0.794. The van der Waals surface area contributed by atoms with Crippen LogP contribution in [0.3, 0.4) is 0 Å². The van der Waals surface area contributed by atoms with E-state index in [0.717, 1.165) is 19.6 Å². The van der Waals surface area contributed by atoms with E-state index >= 15 is 0 Å². The van der Waals surface area contributed by atoms with E-state index in [0.29, 0.717) is 5.92 Å². The van der Waals surface area contributed by atoms with E-state index in [1.807, 2.05) is 20.9 Å². The molecule has 1 fully saturated rings. The molecule has 0 unspecified atom stereocenters. The molecule has 1 saturated heterocycles. The smallest absolute Gasteiger partial charge is 0.305 e. The normalized spacial score (nSPS) is 19.8. The van der Waals surface area contributed by atoms with Crippen molar-refractivity contribution in [2.45, 2.75) is 38.6 Å². The highest BCUT2D eigenvalue weighted by atomic mass is 16.4. The van der Waals surface area contributed by atoms with E-state index in [1.165, 1.54) is 12.8 Å². The summed E-state index contributed by atoms with van der Waals surface area (Å²) in [5.41, 5.74) is -0.255. The van der Waals surface area contributed by atoms with Gasteiger partial charge in [0.25, 0.3) is 0 Å². The highest BCUT2D eigenvalue weighted by Crippen LogP contribution is 2.23. The minimum atomic E-state index is -0.717. The number of carbonyl (C=O) groups is 1. The minimum Gasteiger partial charge on any atom is -0.481 e. The topological polar surface area (TPSA) is 43.8 Å². The third-order valence-electron chi connectivity index (χ3n) is 3.99. The van der Waals surface area contributed by atoms with E-state index in [2.05, 4.69) is 16.8 Å². The molecule has 0 atom stereocenters. The molecule has 1 aliphatic rings. The molecule has 1 aliphatic heterocycles. The summed E-state index contributed by atoms with van der Waals surface area (Å²) >= 11 is 0. The Morgan fingerprint density at radius 2 is 1.94 bits per heavy atom. The Morgan fingerprint density at radius 3 is 2.41 bits per heavy atom. The molecule has 0 aliphatic carbocycles. The Labute approximate surface area is 105 Å². The number of carboxylic acids is 1. The van der Waals surface area contributed by atoms with Crippen molar-refractivity contribution in [3.8, 4) is 0 Å². The molecular weight excluding hydrogens is 216 g/mol. The number of rotatable bonds is 5. The van der Waals surface area contributed by atoms with Crippen LogP contribution in [0, 0.1) is 5.92 Å². The van der Waals surface area contributed by atoms with Crippen molar-refractivity contribution in [3.63, 3.8) is 0 Å². The zero-order chi connectivity index (χ0) is 13.1. The van der Waals surface area contributed by atoms with Crippen LogP contribution in [0.2, 0.25) is 0 Å². The zero-order valence-electron chi connectivity index (χ0n) is 11.6. The maximum atomic E-state index is 10.8. The van der Waals surface area contributed by atoms with Crippen molar-refractivity contribution in [1.82, 2.24) is 9.80 Å². The first-order valence-electron chi connectivity index (χ1n) is 6.43. The van der Waals surface area contributed by atoms with Gasteiger partial charge >= 0.3 is 5.97 Å². The van der Waals surface area contributed by atoms with Crippen molar-refractivity contribution in [2.75, 3.05) is 33.7 Å². The Morgan fingerprint density at radius 1 is 1.41 bits per heavy atom. The number of hydrogen-bond acceptors (Lipinski definition) is 3. The number of aliphatic carboxylic acids is 1. The van der Waals surface area contributed by atoms with Crippen molar-refractivity contribution < 1.29 is 9.90 Å². The Hall–Kier alpha value is -0.610. The Balaban J connectivity index is 2.42. The lowest BCUT2D eigenvalue weighted by Crippen LogP contribution is -2.46. The van der Waals surface area contributed by atoms with Gasteiger partial charge in [-0.1, -0.05) is 0 Å². The second kappa shape index (κ2) is 5.83. The van der Waals surface area contributed by atoms with Gasteiger partial charge in [0.15, 0.2) is 0 Å². The van der Waals surface area contributed by atoms with E-state index < -0.39 is 5.97 Å². The minimum absolute atomic E-state index is 0.204. The van der Waals surface area contributed by atoms with Crippen molar-refractivity contribution >= 4 is 5.97 Å². The Bertz CT molecular complexity index is 258. The van der Waals surface area contributed by atoms with Crippen LogP contribution in [0.5, 0.6) is 0 Å². The molecule has 1 rings (SSSR count). The van der Waals surface area contributed by atoms with E-state index in [1.54, 1.807) is 0 Å². The van der Waals surface area contributed by atoms with Crippen molar-refractivity contribution in [1.29, 1.82) is 0 Å². The molecule has 17 heavy (non-hydrogen) atoms. The number of nitrogens with zero attached hydrogens (tertiary/aromatic N) is 2. The highest BCUT2D eigenvalue weighted by Gasteiger charge is 2.29. The van der Waals surface area contributed by atoms with Gasteiger partial charge in [0.2, 0.25) is 0 Å². The third kappa shape index (κ3) is 4.64. The highest BCUT2D eigenvalue weighted by molar-refractivity contribution is 5.68. The third-order valence-corrected chi connectivity index (χ3v) is 3.99. The van der Waals surface area contributed by atoms with Crippen LogP contribution in [-0.4, -0.2) is 60.1 Å². The molecular formula is C13H26N2O2. The number of carboxylic acid groups (broad SMARTS) is 1. The molecule has 0 aromatic carbocycles. The van der Waals surface area contributed by atoms with E-state index in [9.17, 15) is 4.79 Å². The van der Waals surface area contributed by atoms with Crippen LogP contribution in [-0.2, 0) is 4.79 Å². The average Bonchev–Trinajstić information content (AvgIpc) is 2.19. The van der Waals surface area contributed by atoms with Gasteiger partial charge < -0.3 is 14.9 Å². The molecule has 0 aromatic heterocycles. The van der Waals surface area contributed by atoms with Crippen LogP contribution >= 0.6 is 0 Å². The number of hydrogen-bond donors (Lipinski definition) is 1.